The lowest BCUT2D eigenvalue weighted by molar-refractivity contribution is -0.125. The van der Waals surface area contributed by atoms with E-state index in [0.717, 1.165) is 0 Å². The van der Waals surface area contributed by atoms with Crippen LogP contribution in [-0.4, -0.2) is 34.3 Å². The van der Waals surface area contributed by atoms with E-state index in [-0.39, 0.29) is 29.9 Å². The van der Waals surface area contributed by atoms with Crippen LogP contribution in [0.1, 0.15) is 37.0 Å². The first-order chi connectivity index (χ1) is 9.23. The Labute approximate surface area is 118 Å². The third kappa shape index (κ3) is 3.72. The fraction of sp³-hybridized carbons (Fsp3) is 0.615. The molecule has 1 amide bonds. The lowest BCUT2D eigenvalue weighted by Gasteiger charge is -2.17. The molecule has 0 saturated carbocycles. The summed E-state index contributed by atoms with van der Waals surface area (Å²) < 4.78 is 6.30. The van der Waals surface area contributed by atoms with Gasteiger partial charge in [-0.2, -0.15) is 5.10 Å². The fourth-order valence-corrected chi connectivity index (χ4v) is 1.58. The Morgan fingerprint density at radius 1 is 1.40 bits per heavy atom. The number of amides is 1. The van der Waals surface area contributed by atoms with Crippen molar-refractivity contribution in [1.29, 1.82) is 0 Å². The summed E-state index contributed by atoms with van der Waals surface area (Å²) in [5.74, 6) is -0.681. The summed E-state index contributed by atoms with van der Waals surface area (Å²) in [5, 5.41) is 6.77. The molecule has 1 atom stereocenters. The van der Waals surface area contributed by atoms with Gasteiger partial charge in [0, 0.05) is 13.1 Å². The molecule has 7 heteroatoms. The number of ether oxygens (including phenoxy) is 1. The number of aryl methyl sites for hydroxylation is 2. The van der Waals surface area contributed by atoms with Crippen LogP contribution >= 0.6 is 0 Å². The molecule has 1 rings (SSSR count). The molecule has 0 fully saturated rings. The smallest absolute Gasteiger partial charge is 0.359 e. The number of hydrogen-bond donors (Lipinski definition) is 2. The minimum Gasteiger partial charge on any atom is -0.451 e. The van der Waals surface area contributed by atoms with Crippen molar-refractivity contribution in [2.75, 3.05) is 12.3 Å². The van der Waals surface area contributed by atoms with Crippen molar-refractivity contribution in [3.05, 3.63) is 11.4 Å². The topological polar surface area (TPSA) is 99.2 Å². The van der Waals surface area contributed by atoms with Crippen molar-refractivity contribution in [3.8, 4) is 0 Å². The number of hydrogen-bond acceptors (Lipinski definition) is 5. The maximum absolute atomic E-state index is 11.9. The number of rotatable bonds is 5. The van der Waals surface area contributed by atoms with Crippen LogP contribution in [0.25, 0.3) is 0 Å². The molecule has 0 bridgehead atoms. The van der Waals surface area contributed by atoms with Gasteiger partial charge < -0.3 is 15.8 Å². The summed E-state index contributed by atoms with van der Waals surface area (Å²) in [5.41, 5.74) is 6.73. The number of esters is 1. The molecule has 1 heterocycles. The molecule has 1 aromatic heterocycles. The van der Waals surface area contributed by atoms with E-state index in [0.29, 0.717) is 11.6 Å². The first-order valence-corrected chi connectivity index (χ1v) is 6.49. The van der Waals surface area contributed by atoms with E-state index < -0.39 is 5.97 Å². The molecule has 1 aromatic rings. The summed E-state index contributed by atoms with van der Waals surface area (Å²) in [7, 11) is 1.60. The van der Waals surface area contributed by atoms with Crippen molar-refractivity contribution >= 4 is 17.6 Å². The molecule has 0 aromatic carbocycles. The highest BCUT2D eigenvalue weighted by atomic mass is 16.5. The number of carbonyl (C=O) groups excluding carboxylic acids is 2. The summed E-state index contributed by atoms with van der Waals surface area (Å²) >= 11 is 0. The van der Waals surface area contributed by atoms with Crippen LogP contribution in [0.15, 0.2) is 0 Å². The number of nitrogens with zero attached hydrogens (tertiary/aromatic N) is 2. The molecular formula is C13H22N4O3. The third-order valence-electron chi connectivity index (χ3n) is 3.18. The fourth-order valence-electron chi connectivity index (χ4n) is 1.58. The summed E-state index contributed by atoms with van der Waals surface area (Å²) in [6.07, 6.45) is 0. The lowest BCUT2D eigenvalue weighted by Crippen LogP contribution is -2.38. The number of carbonyl (C=O) groups is 2. The predicted octanol–water partition coefficient (Wildman–Crippen LogP) is 0.628. The molecule has 7 nitrogen and oxygen atoms in total. The van der Waals surface area contributed by atoms with Gasteiger partial charge >= 0.3 is 5.97 Å². The number of anilines is 1. The summed E-state index contributed by atoms with van der Waals surface area (Å²) in [4.78, 5) is 23.5. The number of nitrogen functional groups attached to an aromatic ring is 1. The maximum atomic E-state index is 11.9. The van der Waals surface area contributed by atoms with E-state index in [9.17, 15) is 9.59 Å². The van der Waals surface area contributed by atoms with E-state index in [1.54, 1.807) is 14.0 Å². The van der Waals surface area contributed by atoms with Crippen LogP contribution < -0.4 is 11.1 Å². The van der Waals surface area contributed by atoms with E-state index in [1.165, 1.54) is 4.68 Å². The molecule has 0 radical (unpaired) electrons. The van der Waals surface area contributed by atoms with Crippen molar-refractivity contribution in [1.82, 2.24) is 15.1 Å². The highest BCUT2D eigenvalue weighted by Crippen LogP contribution is 2.16. The van der Waals surface area contributed by atoms with Crippen molar-refractivity contribution in [3.63, 3.8) is 0 Å². The van der Waals surface area contributed by atoms with E-state index in [1.807, 2.05) is 20.8 Å². The zero-order chi connectivity index (χ0) is 15.4. The standard InChI is InChI=1S/C13H22N4O3/c1-7(2)8(3)15-10(18)6-20-13(19)12-11(14)9(4)16-17(12)5/h7-8H,6,14H2,1-5H3,(H,15,18). The van der Waals surface area contributed by atoms with Gasteiger partial charge in [0.15, 0.2) is 12.3 Å². The molecule has 0 aliphatic rings. The number of nitrogens with two attached hydrogens (primary N) is 1. The number of nitrogens with one attached hydrogen (secondary N) is 1. The van der Waals surface area contributed by atoms with Gasteiger partial charge in [-0.05, 0) is 19.8 Å². The molecular weight excluding hydrogens is 260 g/mol. The minimum absolute atomic E-state index is 0.0187. The summed E-state index contributed by atoms with van der Waals surface area (Å²) in [6.45, 7) is 7.25. The molecule has 112 valence electrons. The Bertz CT molecular complexity index is 508. The van der Waals surface area contributed by atoms with E-state index in [2.05, 4.69) is 10.4 Å². The molecule has 1 unspecified atom stereocenters. The van der Waals surface area contributed by atoms with Crippen LogP contribution in [0.2, 0.25) is 0 Å². The van der Waals surface area contributed by atoms with Crippen LogP contribution in [-0.2, 0) is 16.6 Å². The van der Waals surface area contributed by atoms with Gasteiger partial charge in [0.25, 0.3) is 5.91 Å². The maximum Gasteiger partial charge on any atom is 0.359 e. The molecule has 0 aliphatic heterocycles. The zero-order valence-electron chi connectivity index (χ0n) is 12.6. The predicted molar refractivity (Wildman–Crippen MR) is 75.1 cm³/mol. The third-order valence-corrected chi connectivity index (χ3v) is 3.18. The first kappa shape index (κ1) is 16.0. The highest BCUT2D eigenvalue weighted by molar-refractivity contribution is 5.95. The average molecular weight is 282 g/mol. The highest BCUT2D eigenvalue weighted by Gasteiger charge is 2.20. The minimum atomic E-state index is -0.655. The molecule has 20 heavy (non-hydrogen) atoms. The second-order valence-electron chi connectivity index (χ2n) is 5.15. The van der Waals surface area contributed by atoms with Crippen molar-refractivity contribution in [2.45, 2.75) is 33.7 Å². The van der Waals surface area contributed by atoms with Gasteiger partial charge in [-0.1, -0.05) is 13.8 Å². The van der Waals surface area contributed by atoms with Crippen LogP contribution in [0.3, 0.4) is 0 Å². The van der Waals surface area contributed by atoms with Crippen LogP contribution in [0.5, 0.6) is 0 Å². The Balaban J connectivity index is 2.58. The normalized spacial score (nSPS) is 12.3. The Kier molecular flexibility index (Phi) is 5.12. The van der Waals surface area contributed by atoms with Gasteiger partial charge in [0.05, 0.1) is 11.4 Å². The van der Waals surface area contributed by atoms with Crippen LogP contribution in [0, 0.1) is 12.8 Å². The lowest BCUT2D eigenvalue weighted by atomic mass is 10.1. The van der Waals surface area contributed by atoms with Gasteiger partial charge in [0.1, 0.15) is 0 Å². The second kappa shape index (κ2) is 6.40. The molecule has 0 saturated heterocycles. The Hall–Kier alpha value is -2.05. The van der Waals surface area contributed by atoms with E-state index in [4.69, 9.17) is 10.5 Å². The SMILES string of the molecule is Cc1nn(C)c(C(=O)OCC(=O)NC(C)C(C)C)c1N. The average Bonchev–Trinajstić information content (AvgIpc) is 2.60. The van der Waals surface area contributed by atoms with Crippen molar-refractivity contribution < 1.29 is 14.3 Å². The molecule has 0 spiro atoms. The monoisotopic (exact) mass is 282 g/mol. The largest absolute Gasteiger partial charge is 0.451 e. The first-order valence-electron chi connectivity index (χ1n) is 6.49. The molecule has 0 aliphatic carbocycles. The molecule has 3 N–H and O–H groups in total. The van der Waals surface area contributed by atoms with Gasteiger partial charge in [0.2, 0.25) is 0 Å². The van der Waals surface area contributed by atoms with Gasteiger partial charge in [-0.25, -0.2) is 4.79 Å². The summed E-state index contributed by atoms with van der Waals surface area (Å²) in [6, 6.07) is 0.0187. The quantitative estimate of drug-likeness (QED) is 0.772. The zero-order valence-corrected chi connectivity index (χ0v) is 12.6. The Morgan fingerprint density at radius 3 is 2.45 bits per heavy atom. The van der Waals surface area contributed by atoms with E-state index >= 15 is 0 Å². The number of aromatic nitrogens is 2. The van der Waals surface area contributed by atoms with Crippen LogP contribution in [0.4, 0.5) is 5.69 Å². The van der Waals surface area contributed by atoms with Crippen molar-refractivity contribution in [2.24, 2.45) is 13.0 Å². The van der Waals surface area contributed by atoms with Gasteiger partial charge in [-0.3, -0.25) is 9.48 Å². The van der Waals surface area contributed by atoms with Gasteiger partial charge in [-0.15, -0.1) is 0 Å². The Morgan fingerprint density at radius 2 is 2.00 bits per heavy atom. The second-order valence-corrected chi connectivity index (χ2v) is 5.15.